The number of hydrogen-bond acceptors (Lipinski definition) is 7. The van der Waals surface area contributed by atoms with Gasteiger partial charge in [0.2, 0.25) is 5.78 Å². The summed E-state index contributed by atoms with van der Waals surface area (Å²) in [5, 5.41) is 3.16. The smallest absolute Gasteiger partial charge is 0.334 e. The molecule has 0 fully saturated rings. The van der Waals surface area contributed by atoms with E-state index in [0.29, 0.717) is 16.5 Å². The molecular weight excluding hydrogens is 491 g/mol. The normalized spacial score (nSPS) is 12.8. The van der Waals surface area contributed by atoms with Crippen LogP contribution in [0.3, 0.4) is 0 Å². The maximum atomic E-state index is 13.3. The quantitative estimate of drug-likeness (QED) is 0.368. The van der Waals surface area contributed by atoms with E-state index in [1.807, 2.05) is 0 Å². The monoisotopic (exact) mass is 502 g/mol. The maximum absolute atomic E-state index is 13.3. The molecule has 4 aromatic rings. The van der Waals surface area contributed by atoms with Crippen LogP contribution in [0, 0.1) is 0 Å². The number of benzene rings is 2. The molecule has 1 aliphatic heterocycles. The van der Waals surface area contributed by atoms with Gasteiger partial charge in [-0.3, -0.25) is 23.9 Å². The Labute approximate surface area is 198 Å². The van der Waals surface area contributed by atoms with Gasteiger partial charge in [-0.25, -0.2) is 4.79 Å². The van der Waals surface area contributed by atoms with Gasteiger partial charge in [-0.15, -0.1) is 11.3 Å². The highest BCUT2D eigenvalue weighted by atomic mass is 35.5. The van der Waals surface area contributed by atoms with E-state index in [9.17, 15) is 19.2 Å². The zero-order valence-corrected chi connectivity index (χ0v) is 18.7. The van der Waals surface area contributed by atoms with E-state index >= 15 is 0 Å². The number of halogens is 2. The van der Waals surface area contributed by atoms with Crippen molar-refractivity contribution in [3.05, 3.63) is 77.7 Å². The third kappa shape index (κ3) is 3.48. The number of thiophene rings is 1. The van der Waals surface area contributed by atoms with Crippen molar-refractivity contribution in [2.75, 3.05) is 17.7 Å². The largest absolute Gasteiger partial charge is 0.482 e. The van der Waals surface area contributed by atoms with Crippen LogP contribution in [-0.4, -0.2) is 27.8 Å². The van der Waals surface area contributed by atoms with Crippen molar-refractivity contribution in [2.24, 2.45) is 0 Å². The first-order valence-electron chi connectivity index (χ1n) is 9.38. The molecule has 5 rings (SSSR count). The number of aromatic nitrogens is 2. The summed E-state index contributed by atoms with van der Waals surface area (Å²) in [4.78, 5) is 52.6. The van der Waals surface area contributed by atoms with E-state index < -0.39 is 17.0 Å². The molecule has 2 aromatic carbocycles. The molecular formula is C21H12Cl2N4O5S. The summed E-state index contributed by atoms with van der Waals surface area (Å²) < 4.78 is 6.49. The molecule has 12 heteroatoms. The van der Waals surface area contributed by atoms with Gasteiger partial charge in [0.15, 0.2) is 6.61 Å². The van der Waals surface area contributed by atoms with Crippen molar-refractivity contribution in [1.82, 2.24) is 9.55 Å². The minimum absolute atomic E-state index is 0.0106. The van der Waals surface area contributed by atoms with Crippen molar-refractivity contribution in [3.8, 4) is 11.4 Å². The Morgan fingerprint density at radius 2 is 1.91 bits per heavy atom. The lowest BCUT2D eigenvalue weighted by Gasteiger charge is -2.18. The van der Waals surface area contributed by atoms with Crippen LogP contribution in [0.5, 0.6) is 5.75 Å². The van der Waals surface area contributed by atoms with E-state index in [2.05, 4.69) is 10.3 Å². The van der Waals surface area contributed by atoms with Crippen LogP contribution in [0.2, 0.25) is 10.0 Å². The van der Waals surface area contributed by atoms with Crippen LogP contribution in [-0.2, 0) is 4.79 Å². The number of carbonyl (C=O) groups excluding carboxylic acids is 2. The zero-order valence-electron chi connectivity index (χ0n) is 16.4. The third-order valence-corrected chi connectivity index (χ3v) is 6.74. The fraction of sp³-hybridized carbons (Fsp3) is 0.0476. The average molecular weight is 503 g/mol. The molecule has 0 radical (unpaired) electrons. The molecule has 1 aliphatic rings. The summed E-state index contributed by atoms with van der Waals surface area (Å²) in [5.41, 5.74) is 5.49. The standard InChI is InChI=1S/C21H12Cl2N4O5S/c22-9-2-3-12(10(23)6-9)27-20-15(19(30)26-21(27)31)16(24)18(33-20)17(29)8-1-4-13-11(5-8)25-14(28)7-32-13/h1-6H,7,24H2,(H,25,28)(H,26,30,31). The predicted octanol–water partition coefficient (Wildman–Crippen LogP) is 3.19. The highest BCUT2D eigenvalue weighted by molar-refractivity contribution is 7.21. The summed E-state index contributed by atoms with van der Waals surface area (Å²) in [5.74, 6) is -0.404. The van der Waals surface area contributed by atoms with Gasteiger partial charge >= 0.3 is 5.69 Å². The van der Waals surface area contributed by atoms with Crippen LogP contribution >= 0.6 is 34.5 Å². The Morgan fingerprint density at radius 3 is 2.67 bits per heavy atom. The van der Waals surface area contributed by atoms with Crippen molar-refractivity contribution in [1.29, 1.82) is 0 Å². The van der Waals surface area contributed by atoms with Gasteiger partial charge in [-0.2, -0.15) is 0 Å². The second kappa shape index (κ2) is 7.77. The van der Waals surface area contributed by atoms with Gasteiger partial charge in [0.1, 0.15) is 15.5 Å². The van der Waals surface area contributed by atoms with Gasteiger partial charge < -0.3 is 15.8 Å². The molecule has 0 atom stereocenters. The lowest BCUT2D eigenvalue weighted by atomic mass is 10.1. The number of nitrogen functional groups attached to an aromatic ring is 1. The first-order valence-corrected chi connectivity index (χ1v) is 11.0. The number of anilines is 2. The SMILES string of the molecule is Nc1c(C(=O)c2ccc3c(c2)NC(=O)CO3)sc2c1c(=O)[nH]c(=O)n2-c1ccc(Cl)cc1Cl. The zero-order chi connectivity index (χ0) is 23.4. The van der Waals surface area contributed by atoms with E-state index in [1.54, 1.807) is 12.1 Å². The number of nitrogens with zero attached hydrogens (tertiary/aromatic N) is 1. The summed E-state index contributed by atoms with van der Waals surface area (Å²) >= 11 is 13.1. The fourth-order valence-corrected chi connectivity index (χ4v) is 5.21. The number of rotatable bonds is 3. The number of ether oxygens (including phenoxy) is 1. The molecule has 4 N–H and O–H groups in total. The Morgan fingerprint density at radius 1 is 1.12 bits per heavy atom. The number of ketones is 1. The maximum Gasteiger partial charge on any atom is 0.334 e. The lowest BCUT2D eigenvalue weighted by Crippen LogP contribution is -2.29. The molecule has 33 heavy (non-hydrogen) atoms. The summed E-state index contributed by atoms with van der Waals surface area (Å²) in [6.07, 6.45) is 0. The number of hydrogen-bond donors (Lipinski definition) is 3. The summed E-state index contributed by atoms with van der Waals surface area (Å²) in [7, 11) is 0. The molecule has 166 valence electrons. The summed E-state index contributed by atoms with van der Waals surface area (Å²) in [6, 6.07) is 9.06. The third-order valence-electron chi connectivity index (χ3n) is 5.01. The Bertz CT molecular complexity index is 1620. The van der Waals surface area contributed by atoms with Crippen molar-refractivity contribution >= 4 is 67.8 Å². The number of carbonyl (C=O) groups is 2. The number of aromatic amines is 1. The molecule has 0 spiro atoms. The molecule has 9 nitrogen and oxygen atoms in total. The number of H-pyrrole nitrogens is 1. The topological polar surface area (TPSA) is 136 Å². The fourth-order valence-electron chi connectivity index (χ4n) is 3.52. The minimum Gasteiger partial charge on any atom is -0.482 e. The van der Waals surface area contributed by atoms with Crippen molar-refractivity contribution < 1.29 is 14.3 Å². The van der Waals surface area contributed by atoms with Gasteiger partial charge in [-0.1, -0.05) is 23.2 Å². The molecule has 0 unspecified atom stereocenters. The van der Waals surface area contributed by atoms with E-state index in [4.69, 9.17) is 33.7 Å². The lowest BCUT2D eigenvalue weighted by molar-refractivity contribution is -0.118. The second-order valence-electron chi connectivity index (χ2n) is 7.09. The minimum atomic E-state index is -0.745. The van der Waals surface area contributed by atoms with Crippen LogP contribution < -0.4 is 27.0 Å². The van der Waals surface area contributed by atoms with E-state index in [-0.39, 0.29) is 49.6 Å². The number of fused-ring (bicyclic) bond motifs is 2. The Hall–Kier alpha value is -3.60. The molecule has 2 aromatic heterocycles. The first kappa shape index (κ1) is 21.3. The van der Waals surface area contributed by atoms with Gasteiger partial charge in [-0.05, 0) is 36.4 Å². The van der Waals surface area contributed by atoms with Gasteiger partial charge in [0, 0.05) is 10.6 Å². The number of nitrogens with one attached hydrogen (secondary N) is 2. The average Bonchev–Trinajstić information content (AvgIpc) is 3.11. The van der Waals surface area contributed by atoms with Crippen LogP contribution in [0.1, 0.15) is 15.2 Å². The highest BCUT2D eigenvalue weighted by Gasteiger charge is 2.25. The van der Waals surface area contributed by atoms with Crippen LogP contribution in [0.25, 0.3) is 15.9 Å². The van der Waals surface area contributed by atoms with Crippen molar-refractivity contribution in [2.45, 2.75) is 0 Å². The molecule has 0 bridgehead atoms. The van der Waals surface area contributed by atoms with Gasteiger partial charge in [0.25, 0.3) is 11.5 Å². The molecule has 0 aliphatic carbocycles. The second-order valence-corrected chi connectivity index (χ2v) is 8.94. The number of nitrogens with two attached hydrogens (primary N) is 1. The first-order chi connectivity index (χ1) is 15.7. The highest BCUT2D eigenvalue weighted by Crippen LogP contribution is 2.36. The van der Waals surface area contributed by atoms with E-state index in [0.717, 1.165) is 11.3 Å². The molecule has 1 amide bonds. The number of amides is 1. The van der Waals surface area contributed by atoms with Gasteiger partial charge in [0.05, 0.1) is 27.5 Å². The molecule has 0 saturated heterocycles. The van der Waals surface area contributed by atoms with Crippen molar-refractivity contribution in [3.63, 3.8) is 0 Å². The Kier molecular flexibility index (Phi) is 5.00. The summed E-state index contributed by atoms with van der Waals surface area (Å²) in [6.45, 7) is -0.114. The van der Waals surface area contributed by atoms with E-state index in [1.165, 1.54) is 28.8 Å². The Balaban J connectivity index is 1.70. The molecule has 0 saturated carbocycles. The molecule has 3 heterocycles. The van der Waals surface area contributed by atoms with Crippen LogP contribution in [0.15, 0.2) is 46.0 Å². The predicted molar refractivity (Wildman–Crippen MR) is 126 cm³/mol. The van der Waals surface area contributed by atoms with Crippen LogP contribution in [0.4, 0.5) is 11.4 Å².